The van der Waals surface area contributed by atoms with Gasteiger partial charge in [-0.15, -0.1) is 0 Å². The number of benzene rings is 1. The summed E-state index contributed by atoms with van der Waals surface area (Å²) >= 11 is 0. The predicted octanol–water partition coefficient (Wildman–Crippen LogP) is 3.67. The van der Waals surface area contributed by atoms with Crippen LogP contribution >= 0.6 is 0 Å². The van der Waals surface area contributed by atoms with Gasteiger partial charge in [0.2, 0.25) is 0 Å². The summed E-state index contributed by atoms with van der Waals surface area (Å²) in [6.07, 6.45) is 4.24. The Hall–Kier alpha value is -1.58. The molecule has 0 heterocycles. The van der Waals surface area contributed by atoms with Crippen molar-refractivity contribution in [3.8, 4) is 0 Å². The number of hydrogen-bond donors (Lipinski definition) is 1. The Morgan fingerprint density at radius 3 is 2.65 bits per heavy atom. The van der Waals surface area contributed by atoms with Gasteiger partial charge in [-0.05, 0) is 49.9 Å². The molecule has 2 rings (SSSR count). The zero-order chi connectivity index (χ0) is 14.8. The van der Waals surface area contributed by atoms with E-state index in [1.807, 2.05) is 19.9 Å². The van der Waals surface area contributed by atoms with Crippen molar-refractivity contribution >= 4 is 11.7 Å². The Morgan fingerprint density at radius 2 is 2.15 bits per heavy atom. The van der Waals surface area contributed by atoms with E-state index in [0.717, 1.165) is 24.8 Å². The average molecular weight is 279 g/mol. The molecular formula is C16H22FNO2. The lowest BCUT2D eigenvalue weighted by molar-refractivity contribution is -0.146. The lowest BCUT2D eigenvalue weighted by Crippen LogP contribution is -2.46. The Kier molecular flexibility index (Phi) is 4.31. The van der Waals surface area contributed by atoms with Crippen molar-refractivity contribution in [1.29, 1.82) is 0 Å². The first-order valence-electron chi connectivity index (χ1n) is 7.07. The highest BCUT2D eigenvalue weighted by Crippen LogP contribution is 2.35. The second kappa shape index (κ2) is 5.81. The van der Waals surface area contributed by atoms with Gasteiger partial charge in [0.15, 0.2) is 0 Å². The molecule has 20 heavy (non-hydrogen) atoms. The van der Waals surface area contributed by atoms with Gasteiger partial charge in [0.1, 0.15) is 11.4 Å². The number of carbonyl (C=O) groups is 1. The van der Waals surface area contributed by atoms with Gasteiger partial charge in [-0.1, -0.05) is 19.3 Å². The van der Waals surface area contributed by atoms with E-state index in [1.54, 1.807) is 0 Å². The van der Waals surface area contributed by atoms with Crippen molar-refractivity contribution in [3.63, 3.8) is 0 Å². The Morgan fingerprint density at radius 1 is 1.45 bits per heavy atom. The first-order chi connectivity index (χ1) is 9.43. The van der Waals surface area contributed by atoms with Gasteiger partial charge >= 0.3 is 5.97 Å². The zero-order valence-corrected chi connectivity index (χ0v) is 12.3. The lowest BCUT2D eigenvalue weighted by Gasteiger charge is -2.36. The van der Waals surface area contributed by atoms with Gasteiger partial charge in [-0.2, -0.15) is 0 Å². The van der Waals surface area contributed by atoms with Crippen molar-refractivity contribution in [2.24, 2.45) is 5.92 Å². The van der Waals surface area contributed by atoms with E-state index in [4.69, 9.17) is 4.74 Å². The number of nitrogens with one attached hydrogen (secondary N) is 1. The molecule has 110 valence electrons. The van der Waals surface area contributed by atoms with Gasteiger partial charge < -0.3 is 10.1 Å². The van der Waals surface area contributed by atoms with Crippen LogP contribution in [0, 0.1) is 18.7 Å². The molecule has 0 bridgehead atoms. The summed E-state index contributed by atoms with van der Waals surface area (Å²) < 4.78 is 18.4. The molecule has 1 aromatic carbocycles. The van der Waals surface area contributed by atoms with Crippen molar-refractivity contribution < 1.29 is 13.9 Å². The van der Waals surface area contributed by atoms with E-state index >= 15 is 0 Å². The van der Waals surface area contributed by atoms with Crippen LogP contribution in [-0.2, 0) is 9.53 Å². The molecule has 0 amide bonds. The van der Waals surface area contributed by atoms with Gasteiger partial charge in [0.05, 0.1) is 7.11 Å². The SMILES string of the molecule is COC(=O)C(C)(CC1CCC1)Nc1cc(C)cc(F)c1. The van der Waals surface area contributed by atoms with Crippen LogP contribution in [0.2, 0.25) is 0 Å². The summed E-state index contributed by atoms with van der Waals surface area (Å²) in [7, 11) is 1.39. The predicted molar refractivity (Wildman–Crippen MR) is 77.1 cm³/mol. The van der Waals surface area contributed by atoms with E-state index in [1.165, 1.54) is 25.7 Å². The highest BCUT2D eigenvalue weighted by Gasteiger charge is 2.38. The third-order valence-electron chi connectivity index (χ3n) is 4.02. The highest BCUT2D eigenvalue weighted by atomic mass is 19.1. The van der Waals surface area contributed by atoms with Crippen molar-refractivity contribution in [2.45, 2.75) is 45.1 Å². The smallest absolute Gasteiger partial charge is 0.331 e. The molecule has 3 nitrogen and oxygen atoms in total. The van der Waals surface area contributed by atoms with Crippen LogP contribution in [-0.4, -0.2) is 18.6 Å². The number of anilines is 1. The lowest BCUT2D eigenvalue weighted by atomic mass is 9.76. The molecule has 1 fully saturated rings. The van der Waals surface area contributed by atoms with E-state index in [2.05, 4.69) is 5.32 Å². The van der Waals surface area contributed by atoms with Crippen LogP contribution in [0.3, 0.4) is 0 Å². The fraction of sp³-hybridized carbons (Fsp3) is 0.562. The first kappa shape index (κ1) is 14.8. The second-order valence-electron chi connectivity index (χ2n) is 5.97. The van der Waals surface area contributed by atoms with E-state index < -0.39 is 5.54 Å². The number of halogens is 1. The molecular weight excluding hydrogens is 257 g/mol. The molecule has 1 aromatic rings. The minimum atomic E-state index is -0.805. The summed E-state index contributed by atoms with van der Waals surface area (Å²) in [6, 6.07) is 4.71. The molecule has 1 saturated carbocycles. The number of carbonyl (C=O) groups excluding carboxylic acids is 1. The van der Waals surface area contributed by atoms with Gasteiger partial charge in [-0.3, -0.25) is 0 Å². The topological polar surface area (TPSA) is 38.3 Å². The van der Waals surface area contributed by atoms with Gasteiger partial charge in [0.25, 0.3) is 0 Å². The van der Waals surface area contributed by atoms with Gasteiger partial charge in [-0.25, -0.2) is 9.18 Å². The average Bonchev–Trinajstić information content (AvgIpc) is 2.31. The monoisotopic (exact) mass is 279 g/mol. The third kappa shape index (κ3) is 3.30. The molecule has 1 aliphatic carbocycles. The number of rotatable bonds is 5. The van der Waals surface area contributed by atoms with Crippen LogP contribution < -0.4 is 5.32 Å². The molecule has 4 heteroatoms. The Balaban J connectivity index is 2.19. The largest absolute Gasteiger partial charge is 0.467 e. The normalized spacial score (nSPS) is 18.0. The maximum Gasteiger partial charge on any atom is 0.331 e. The van der Waals surface area contributed by atoms with Crippen molar-refractivity contribution in [1.82, 2.24) is 0 Å². The minimum Gasteiger partial charge on any atom is -0.467 e. The second-order valence-corrected chi connectivity index (χ2v) is 5.97. The Bertz CT molecular complexity index is 479. The van der Waals surface area contributed by atoms with Crippen LogP contribution in [0.5, 0.6) is 0 Å². The summed E-state index contributed by atoms with van der Waals surface area (Å²) in [5, 5.41) is 3.17. The molecule has 1 unspecified atom stereocenters. The molecule has 1 N–H and O–H groups in total. The fourth-order valence-electron chi connectivity index (χ4n) is 2.81. The summed E-state index contributed by atoms with van der Waals surface area (Å²) in [5.74, 6) is -0.0593. The fourth-order valence-corrected chi connectivity index (χ4v) is 2.81. The summed E-state index contributed by atoms with van der Waals surface area (Å²) in [6.45, 7) is 3.66. The van der Waals surface area contributed by atoms with Crippen molar-refractivity contribution in [3.05, 3.63) is 29.6 Å². The van der Waals surface area contributed by atoms with Crippen LogP contribution in [0.15, 0.2) is 18.2 Å². The van der Waals surface area contributed by atoms with Gasteiger partial charge in [0, 0.05) is 5.69 Å². The molecule has 1 aliphatic rings. The van der Waals surface area contributed by atoms with Crippen LogP contribution in [0.25, 0.3) is 0 Å². The summed E-state index contributed by atoms with van der Waals surface area (Å²) in [4.78, 5) is 12.1. The van der Waals surface area contributed by atoms with E-state index in [9.17, 15) is 9.18 Å². The standard InChI is InChI=1S/C16H22FNO2/c1-11-7-13(17)9-14(8-11)18-16(2,15(19)20-3)10-12-5-4-6-12/h7-9,12,18H,4-6,10H2,1-3H3. The quantitative estimate of drug-likeness (QED) is 0.836. The number of methoxy groups -OCH3 is 1. The molecule has 0 aliphatic heterocycles. The number of esters is 1. The zero-order valence-electron chi connectivity index (χ0n) is 12.3. The molecule has 0 spiro atoms. The molecule has 0 radical (unpaired) electrons. The number of aryl methyl sites for hydroxylation is 1. The van der Waals surface area contributed by atoms with Crippen LogP contribution in [0.4, 0.5) is 10.1 Å². The van der Waals surface area contributed by atoms with E-state index in [-0.39, 0.29) is 11.8 Å². The maximum absolute atomic E-state index is 13.5. The summed E-state index contributed by atoms with van der Waals surface area (Å²) in [5.41, 5.74) is 0.637. The first-order valence-corrected chi connectivity index (χ1v) is 7.07. The minimum absolute atomic E-state index is 0.300. The number of ether oxygens (including phenoxy) is 1. The molecule has 0 aromatic heterocycles. The number of hydrogen-bond acceptors (Lipinski definition) is 3. The van der Waals surface area contributed by atoms with Crippen LogP contribution in [0.1, 0.15) is 38.2 Å². The maximum atomic E-state index is 13.5. The molecule has 0 saturated heterocycles. The molecule has 1 atom stereocenters. The van der Waals surface area contributed by atoms with E-state index in [0.29, 0.717) is 11.6 Å². The van der Waals surface area contributed by atoms with Crippen molar-refractivity contribution in [2.75, 3.05) is 12.4 Å². The third-order valence-corrected chi connectivity index (χ3v) is 4.02. The Labute approximate surface area is 119 Å². The highest BCUT2D eigenvalue weighted by molar-refractivity contribution is 5.84.